The first-order valence-corrected chi connectivity index (χ1v) is 9.46. The molecule has 5 unspecified atom stereocenters. The van der Waals surface area contributed by atoms with E-state index in [0.29, 0.717) is 6.42 Å². The molecule has 0 aromatic rings. The van der Waals surface area contributed by atoms with Crippen LogP contribution in [0.3, 0.4) is 0 Å². The molecule has 150 valence electrons. The highest BCUT2D eigenvalue weighted by Gasteiger charge is 2.28. The van der Waals surface area contributed by atoms with Gasteiger partial charge < -0.3 is 26.8 Å². The van der Waals surface area contributed by atoms with Crippen molar-refractivity contribution >= 4 is 48.9 Å². The van der Waals surface area contributed by atoms with Gasteiger partial charge in [0, 0.05) is 11.5 Å². The molecule has 0 bridgehead atoms. The SMILES string of the molecule is CCC(C)C(N)C(=O)NC(C)C(=O)NC(CS)C(=O)NC(CS)C(=O)O. The van der Waals surface area contributed by atoms with Crippen LogP contribution < -0.4 is 21.7 Å². The van der Waals surface area contributed by atoms with Gasteiger partial charge in [-0.05, 0) is 12.8 Å². The van der Waals surface area contributed by atoms with E-state index in [1.807, 2.05) is 13.8 Å². The normalized spacial score (nSPS) is 16.5. The molecule has 0 fully saturated rings. The molecule has 0 saturated carbocycles. The van der Waals surface area contributed by atoms with Crippen LogP contribution in [0.1, 0.15) is 27.2 Å². The number of thiol groups is 2. The molecule has 11 heteroatoms. The lowest BCUT2D eigenvalue weighted by molar-refractivity contribution is -0.141. The third-order valence-electron chi connectivity index (χ3n) is 3.92. The molecule has 0 radical (unpaired) electrons. The van der Waals surface area contributed by atoms with Gasteiger partial charge in [-0.15, -0.1) is 0 Å². The highest BCUT2D eigenvalue weighted by Crippen LogP contribution is 2.05. The topological polar surface area (TPSA) is 151 Å². The van der Waals surface area contributed by atoms with E-state index >= 15 is 0 Å². The van der Waals surface area contributed by atoms with Crippen molar-refractivity contribution in [3.63, 3.8) is 0 Å². The molecule has 0 saturated heterocycles. The van der Waals surface area contributed by atoms with Gasteiger partial charge in [-0.2, -0.15) is 25.3 Å². The van der Waals surface area contributed by atoms with E-state index in [0.717, 1.165) is 0 Å². The first-order chi connectivity index (χ1) is 12.1. The molecule has 3 amide bonds. The summed E-state index contributed by atoms with van der Waals surface area (Å²) in [5, 5.41) is 16.1. The van der Waals surface area contributed by atoms with Crippen molar-refractivity contribution in [2.24, 2.45) is 11.7 Å². The van der Waals surface area contributed by atoms with Crippen LogP contribution in [-0.2, 0) is 19.2 Å². The summed E-state index contributed by atoms with van der Waals surface area (Å²) in [6, 6.07) is -3.91. The second-order valence-corrected chi connectivity index (χ2v) is 6.70. The molecule has 0 aliphatic heterocycles. The van der Waals surface area contributed by atoms with Crippen LogP contribution in [0.25, 0.3) is 0 Å². The predicted octanol–water partition coefficient (Wildman–Crippen LogP) is -1.22. The van der Waals surface area contributed by atoms with Crippen molar-refractivity contribution in [3.8, 4) is 0 Å². The first kappa shape index (κ1) is 24.5. The molecule has 0 aliphatic rings. The molecule has 26 heavy (non-hydrogen) atoms. The number of aliphatic carboxylic acids is 1. The molecule has 6 N–H and O–H groups in total. The molecule has 0 aliphatic carbocycles. The zero-order valence-corrected chi connectivity index (χ0v) is 16.8. The van der Waals surface area contributed by atoms with Crippen molar-refractivity contribution in [1.29, 1.82) is 0 Å². The lowest BCUT2D eigenvalue weighted by Gasteiger charge is -2.23. The lowest BCUT2D eigenvalue weighted by atomic mass is 9.99. The summed E-state index contributed by atoms with van der Waals surface area (Å²) in [6.07, 6.45) is 0.715. The largest absolute Gasteiger partial charge is 0.480 e. The number of carbonyl (C=O) groups excluding carboxylic acids is 3. The molecule has 0 heterocycles. The van der Waals surface area contributed by atoms with E-state index in [-0.39, 0.29) is 17.4 Å². The minimum absolute atomic E-state index is 0.0459. The Kier molecular flexibility index (Phi) is 11.3. The Labute approximate surface area is 164 Å². The van der Waals surface area contributed by atoms with Gasteiger partial charge in [-0.3, -0.25) is 14.4 Å². The zero-order chi connectivity index (χ0) is 20.4. The van der Waals surface area contributed by atoms with Crippen LogP contribution in [0, 0.1) is 5.92 Å². The van der Waals surface area contributed by atoms with Crippen molar-refractivity contribution in [2.45, 2.75) is 51.4 Å². The first-order valence-electron chi connectivity index (χ1n) is 8.20. The van der Waals surface area contributed by atoms with Crippen LogP contribution in [-0.4, -0.2) is 64.5 Å². The minimum Gasteiger partial charge on any atom is -0.480 e. The fraction of sp³-hybridized carbons (Fsp3) is 0.733. The van der Waals surface area contributed by atoms with E-state index in [1.54, 1.807) is 0 Å². The maximum Gasteiger partial charge on any atom is 0.327 e. The Morgan fingerprint density at radius 1 is 0.923 bits per heavy atom. The number of amides is 3. The van der Waals surface area contributed by atoms with E-state index in [4.69, 9.17) is 10.8 Å². The van der Waals surface area contributed by atoms with Crippen LogP contribution >= 0.6 is 25.3 Å². The van der Waals surface area contributed by atoms with Gasteiger partial charge in [0.05, 0.1) is 6.04 Å². The van der Waals surface area contributed by atoms with Crippen LogP contribution in [0.15, 0.2) is 0 Å². The molecule has 0 spiro atoms. The third kappa shape index (κ3) is 7.83. The smallest absolute Gasteiger partial charge is 0.327 e. The van der Waals surface area contributed by atoms with Gasteiger partial charge in [0.25, 0.3) is 0 Å². The summed E-state index contributed by atoms with van der Waals surface area (Å²) in [5.74, 6) is -3.22. The Morgan fingerprint density at radius 2 is 1.42 bits per heavy atom. The van der Waals surface area contributed by atoms with Crippen molar-refractivity contribution in [1.82, 2.24) is 16.0 Å². The molecule has 0 aromatic carbocycles. The highest BCUT2D eigenvalue weighted by molar-refractivity contribution is 7.80. The number of hydrogen-bond donors (Lipinski definition) is 7. The summed E-state index contributed by atoms with van der Waals surface area (Å²) in [7, 11) is 0. The predicted molar refractivity (Wildman–Crippen MR) is 104 cm³/mol. The van der Waals surface area contributed by atoms with Crippen LogP contribution in [0.4, 0.5) is 0 Å². The van der Waals surface area contributed by atoms with Crippen molar-refractivity contribution in [2.75, 3.05) is 11.5 Å². The second-order valence-electron chi connectivity index (χ2n) is 5.97. The van der Waals surface area contributed by atoms with Gasteiger partial charge in [0.1, 0.15) is 18.1 Å². The van der Waals surface area contributed by atoms with Crippen molar-refractivity contribution in [3.05, 3.63) is 0 Å². The fourth-order valence-corrected chi connectivity index (χ4v) is 2.34. The average molecular weight is 409 g/mol. The fourth-order valence-electron chi connectivity index (χ4n) is 1.84. The maximum absolute atomic E-state index is 12.2. The molecule has 5 atom stereocenters. The van der Waals surface area contributed by atoms with E-state index in [9.17, 15) is 19.2 Å². The summed E-state index contributed by atoms with van der Waals surface area (Å²) in [4.78, 5) is 47.2. The molecular formula is C15H28N4O5S2. The van der Waals surface area contributed by atoms with Gasteiger partial charge in [-0.25, -0.2) is 4.79 Å². The monoisotopic (exact) mass is 408 g/mol. The Hall–Kier alpha value is -1.46. The van der Waals surface area contributed by atoms with Crippen molar-refractivity contribution < 1.29 is 24.3 Å². The zero-order valence-electron chi connectivity index (χ0n) is 15.1. The minimum atomic E-state index is -1.24. The van der Waals surface area contributed by atoms with E-state index < -0.39 is 47.9 Å². The lowest BCUT2D eigenvalue weighted by Crippen LogP contribution is -2.57. The Morgan fingerprint density at radius 3 is 1.85 bits per heavy atom. The molecule has 0 rings (SSSR count). The van der Waals surface area contributed by atoms with E-state index in [2.05, 4.69) is 41.2 Å². The number of carboxylic acid groups (broad SMARTS) is 1. The number of hydrogen-bond acceptors (Lipinski definition) is 7. The average Bonchev–Trinajstić information content (AvgIpc) is 2.61. The molecular weight excluding hydrogens is 380 g/mol. The van der Waals surface area contributed by atoms with E-state index in [1.165, 1.54) is 6.92 Å². The standard InChI is InChI=1S/C15H28N4O5S2/c1-4-7(2)11(16)14(22)17-8(3)12(20)18-9(5-25)13(21)19-10(6-26)15(23)24/h7-11,25-26H,4-6,16H2,1-3H3,(H,17,22)(H,18,20)(H,19,21)(H,23,24). The summed E-state index contributed by atoms with van der Waals surface area (Å²) < 4.78 is 0. The Balaban J connectivity index is 4.76. The number of rotatable bonds is 11. The number of carbonyl (C=O) groups is 4. The Bertz CT molecular complexity index is 520. The van der Waals surface area contributed by atoms with Gasteiger partial charge in [0.2, 0.25) is 17.7 Å². The van der Waals surface area contributed by atoms with Gasteiger partial charge in [-0.1, -0.05) is 20.3 Å². The summed E-state index contributed by atoms with van der Waals surface area (Å²) >= 11 is 7.84. The highest BCUT2D eigenvalue weighted by atomic mass is 32.1. The quantitative estimate of drug-likeness (QED) is 0.213. The summed E-state index contributed by atoms with van der Waals surface area (Å²) in [5.41, 5.74) is 5.81. The van der Waals surface area contributed by atoms with Gasteiger partial charge in [0.15, 0.2) is 0 Å². The second kappa shape index (κ2) is 12.0. The molecule has 9 nitrogen and oxygen atoms in total. The van der Waals surface area contributed by atoms with Gasteiger partial charge >= 0.3 is 5.97 Å². The number of carboxylic acids is 1. The molecule has 0 aromatic heterocycles. The summed E-state index contributed by atoms with van der Waals surface area (Å²) in [6.45, 7) is 5.19. The number of nitrogens with one attached hydrogen (secondary N) is 3. The third-order valence-corrected chi connectivity index (χ3v) is 4.65. The number of nitrogens with two attached hydrogens (primary N) is 1. The maximum atomic E-state index is 12.2. The van der Waals surface area contributed by atoms with Crippen LogP contribution in [0.5, 0.6) is 0 Å². The van der Waals surface area contributed by atoms with Crippen LogP contribution in [0.2, 0.25) is 0 Å².